The summed E-state index contributed by atoms with van der Waals surface area (Å²) in [5.74, 6) is 0. The molecule has 0 aliphatic heterocycles. The van der Waals surface area contributed by atoms with Gasteiger partial charge >= 0.3 is 0 Å². The lowest BCUT2D eigenvalue weighted by molar-refractivity contribution is 0.116. The maximum absolute atomic E-state index is 2.46. The van der Waals surface area contributed by atoms with Gasteiger partial charge in [-0.15, -0.1) is 0 Å². The third kappa shape index (κ3) is 3.29. The summed E-state index contributed by atoms with van der Waals surface area (Å²) < 4.78 is 0. The third-order valence-corrected chi connectivity index (χ3v) is 4.76. The predicted octanol–water partition coefficient (Wildman–Crippen LogP) is 5.42. The van der Waals surface area contributed by atoms with Crippen molar-refractivity contribution in [2.24, 2.45) is 10.8 Å². The van der Waals surface area contributed by atoms with Crippen molar-refractivity contribution in [3.05, 3.63) is 0 Å². The van der Waals surface area contributed by atoms with Crippen molar-refractivity contribution in [3.8, 4) is 0 Å². The standard InChI is InChI=1S/C14H30/c1-7-13(6,8-2)12-14(9-3,10-4)11-5/h7-12H2,1-6H3. The molecule has 0 spiro atoms. The van der Waals surface area contributed by atoms with Gasteiger partial charge in [-0.25, -0.2) is 0 Å². The quantitative estimate of drug-likeness (QED) is 0.512. The summed E-state index contributed by atoms with van der Waals surface area (Å²) in [7, 11) is 0. The minimum atomic E-state index is 0.571. The topological polar surface area (TPSA) is 0 Å². The Bertz CT molecular complexity index is 130. The Kier molecular flexibility index (Phi) is 5.78. The van der Waals surface area contributed by atoms with Gasteiger partial charge in [0.2, 0.25) is 0 Å². The van der Waals surface area contributed by atoms with Gasteiger partial charge in [0.05, 0.1) is 0 Å². The molecule has 0 heterocycles. The molecule has 0 aromatic heterocycles. The van der Waals surface area contributed by atoms with Crippen LogP contribution in [0.3, 0.4) is 0 Å². The van der Waals surface area contributed by atoms with Crippen LogP contribution in [0.25, 0.3) is 0 Å². The molecule has 0 amide bonds. The summed E-state index contributed by atoms with van der Waals surface area (Å²) in [5.41, 5.74) is 1.18. The maximum Gasteiger partial charge on any atom is -0.0300 e. The summed E-state index contributed by atoms with van der Waals surface area (Å²) in [6, 6.07) is 0. The van der Waals surface area contributed by atoms with E-state index in [1.165, 1.54) is 38.5 Å². The minimum Gasteiger partial charge on any atom is -0.0649 e. The van der Waals surface area contributed by atoms with Crippen molar-refractivity contribution in [3.63, 3.8) is 0 Å². The Morgan fingerprint density at radius 3 is 1.21 bits per heavy atom. The van der Waals surface area contributed by atoms with Crippen molar-refractivity contribution in [1.82, 2.24) is 0 Å². The van der Waals surface area contributed by atoms with Crippen molar-refractivity contribution in [1.29, 1.82) is 0 Å². The van der Waals surface area contributed by atoms with E-state index >= 15 is 0 Å². The summed E-state index contributed by atoms with van der Waals surface area (Å²) in [6.07, 6.45) is 8.09. The summed E-state index contributed by atoms with van der Waals surface area (Å²) in [4.78, 5) is 0. The van der Waals surface area contributed by atoms with E-state index < -0.39 is 0 Å². The number of rotatable bonds is 7. The molecule has 0 atom stereocenters. The second-order valence-corrected chi connectivity index (χ2v) is 5.26. The third-order valence-electron chi connectivity index (χ3n) is 4.76. The first kappa shape index (κ1) is 14.0. The van der Waals surface area contributed by atoms with Gasteiger partial charge in [-0.2, -0.15) is 0 Å². The highest BCUT2D eigenvalue weighted by Gasteiger charge is 2.32. The van der Waals surface area contributed by atoms with Crippen LogP contribution < -0.4 is 0 Å². The van der Waals surface area contributed by atoms with E-state index in [9.17, 15) is 0 Å². The predicted molar refractivity (Wildman–Crippen MR) is 66.6 cm³/mol. The summed E-state index contributed by atoms with van der Waals surface area (Å²) >= 11 is 0. The molecule has 0 rings (SSSR count). The van der Waals surface area contributed by atoms with Crippen molar-refractivity contribution >= 4 is 0 Å². The molecule has 0 aromatic carbocycles. The van der Waals surface area contributed by atoms with Crippen LogP contribution in [0.1, 0.15) is 80.1 Å². The molecule has 0 fully saturated rings. The molecule has 0 aromatic rings. The summed E-state index contributed by atoms with van der Waals surface area (Å²) in [6.45, 7) is 14.2. The van der Waals surface area contributed by atoms with E-state index in [1.807, 2.05) is 0 Å². The molecule has 0 aliphatic rings. The average molecular weight is 198 g/mol. The van der Waals surface area contributed by atoms with E-state index in [0.717, 1.165) is 0 Å². The molecule has 0 saturated carbocycles. The van der Waals surface area contributed by atoms with Gasteiger partial charge in [0.15, 0.2) is 0 Å². The highest BCUT2D eigenvalue weighted by molar-refractivity contribution is 4.84. The van der Waals surface area contributed by atoms with Crippen LogP contribution in [-0.4, -0.2) is 0 Å². The lowest BCUT2D eigenvalue weighted by atomic mass is 9.66. The van der Waals surface area contributed by atoms with E-state index in [0.29, 0.717) is 10.8 Å². The fourth-order valence-corrected chi connectivity index (χ4v) is 2.53. The van der Waals surface area contributed by atoms with E-state index in [4.69, 9.17) is 0 Å². The zero-order valence-corrected chi connectivity index (χ0v) is 11.2. The Hall–Kier alpha value is 0. The normalized spacial score (nSPS) is 13.3. The smallest absolute Gasteiger partial charge is 0.0300 e. The van der Waals surface area contributed by atoms with Crippen LogP contribution >= 0.6 is 0 Å². The van der Waals surface area contributed by atoms with Crippen LogP contribution in [-0.2, 0) is 0 Å². The molecule has 0 unspecified atom stereocenters. The summed E-state index contributed by atoms with van der Waals surface area (Å²) in [5, 5.41) is 0. The molecule has 0 bridgehead atoms. The van der Waals surface area contributed by atoms with Gasteiger partial charge in [-0.3, -0.25) is 0 Å². The largest absolute Gasteiger partial charge is 0.0649 e. The van der Waals surface area contributed by atoms with Crippen LogP contribution in [0.2, 0.25) is 0 Å². The highest BCUT2D eigenvalue weighted by atomic mass is 14.4. The average Bonchev–Trinajstić information content (AvgIpc) is 2.26. The van der Waals surface area contributed by atoms with Gasteiger partial charge in [0, 0.05) is 0 Å². The van der Waals surface area contributed by atoms with E-state index in [2.05, 4.69) is 41.5 Å². The van der Waals surface area contributed by atoms with Gasteiger partial charge in [-0.1, -0.05) is 73.6 Å². The first-order valence-corrected chi connectivity index (χ1v) is 6.51. The molecule has 0 radical (unpaired) electrons. The first-order chi connectivity index (χ1) is 6.51. The maximum atomic E-state index is 2.46. The molecule has 0 saturated heterocycles. The zero-order chi connectivity index (χ0) is 11.2. The molecule has 0 nitrogen and oxygen atoms in total. The van der Waals surface area contributed by atoms with E-state index in [-0.39, 0.29) is 0 Å². The molecule has 86 valence electrons. The highest BCUT2D eigenvalue weighted by Crippen LogP contribution is 2.45. The Balaban J connectivity index is 4.56. The second kappa shape index (κ2) is 5.78. The minimum absolute atomic E-state index is 0.571. The second-order valence-electron chi connectivity index (χ2n) is 5.26. The van der Waals surface area contributed by atoms with Crippen LogP contribution in [0.5, 0.6) is 0 Å². The van der Waals surface area contributed by atoms with Crippen LogP contribution in [0.4, 0.5) is 0 Å². The molecular weight excluding hydrogens is 168 g/mol. The van der Waals surface area contributed by atoms with E-state index in [1.54, 1.807) is 0 Å². The van der Waals surface area contributed by atoms with Crippen LogP contribution in [0.15, 0.2) is 0 Å². The van der Waals surface area contributed by atoms with Crippen molar-refractivity contribution < 1.29 is 0 Å². The lowest BCUT2D eigenvalue weighted by Crippen LogP contribution is -2.28. The lowest BCUT2D eigenvalue weighted by Gasteiger charge is -2.40. The van der Waals surface area contributed by atoms with Gasteiger partial charge in [0.1, 0.15) is 0 Å². The Morgan fingerprint density at radius 2 is 1.00 bits per heavy atom. The molecule has 14 heavy (non-hydrogen) atoms. The Morgan fingerprint density at radius 1 is 0.643 bits per heavy atom. The number of hydrogen-bond acceptors (Lipinski definition) is 0. The zero-order valence-electron chi connectivity index (χ0n) is 11.2. The van der Waals surface area contributed by atoms with Gasteiger partial charge in [-0.05, 0) is 17.3 Å². The Labute approximate surface area is 91.5 Å². The van der Waals surface area contributed by atoms with Crippen molar-refractivity contribution in [2.75, 3.05) is 0 Å². The fourth-order valence-electron chi connectivity index (χ4n) is 2.53. The fraction of sp³-hybridized carbons (Fsp3) is 1.00. The SMILES string of the molecule is CCC(C)(CC)CC(CC)(CC)CC. The molecule has 0 N–H and O–H groups in total. The first-order valence-electron chi connectivity index (χ1n) is 6.51. The van der Waals surface area contributed by atoms with Gasteiger partial charge in [0.25, 0.3) is 0 Å². The van der Waals surface area contributed by atoms with Gasteiger partial charge < -0.3 is 0 Å². The van der Waals surface area contributed by atoms with Crippen molar-refractivity contribution in [2.45, 2.75) is 80.1 Å². The molecule has 0 aliphatic carbocycles. The molecule has 0 heteroatoms. The number of hydrogen-bond donors (Lipinski definition) is 0. The van der Waals surface area contributed by atoms with Crippen LogP contribution in [0, 0.1) is 10.8 Å². The monoisotopic (exact) mass is 198 g/mol. The molecular formula is C14H30.